The van der Waals surface area contributed by atoms with Gasteiger partial charge in [-0.15, -0.1) is 5.10 Å². The van der Waals surface area contributed by atoms with E-state index >= 15 is 0 Å². The first-order valence-electron chi connectivity index (χ1n) is 3.68. The number of aryl methyl sites for hydroxylation is 1. The van der Waals surface area contributed by atoms with Crippen LogP contribution in [0.4, 0.5) is 0 Å². The molecule has 0 fully saturated rings. The summed E-state index contributed by atoms with van der Waals surface area (Å²) in [5.74, 6) is 0.649. The number of aromatic nitrogens is 2. The molecule has 1 heterocycles. The van der Waals surface area contributed by atoms with E-state index in [4.69, 9.17) is 10.5 Å². The van der Waals surface area contributed by atoms with Crippen LogP contribution in [0.15, 0.2) is 6.07 Å². The normalized spacial score (nSPS) is 10.0. The third-order valence-corrected chi connectivity index (χ3v) is 1.28. The summed E-state index contributed by atoms with van der Waals surface area (Å²) in [4.78, 5) is 0. The second-order valence-electron chi connectivity index (χ2n) is 2.38. The van der Waals surface area contributed by atoms with Crippen molar-refractivity contribution in [2.75, 3.05) is 13.2 Å². The molecule has 0 saturated carbocycles. The van der Waals surface area contributed by atoms with Crippen LogP contribution < -0.4 is 10.5 Å². The molecular weight excluding hydrogens is 142 g/mol. The first-order valence-corrected chi connectivity index (χ1v) is 3.68. The van der Waals surface area contributed by atoms with Crippen molar-refractivity contribution >= 4 is 0 Å². The molecule has 4 nitrogen and oxygen atoms in total. The minimum Gasteiger partial charge on any atom is -0.477 e. The number of hydrogen-bond acceptors (Lipinski definition) is 3. The van der Waals surface area contributed by atoms with Gasteiger partial charge in [0.1, 0.15) is 0 Å². The van der Waals surface area contributed by atoms with Crippen molar-refractivity contribution < 1.29 is 4.74 Å². The zero-order chi connectivity index (χ0) is 8.10. The topological polar surface area (TPSA) is 63.9 Å². The molecule has 11 heavy (non-hydrogen) atoms. The Kier molecular flexibility index (Phi) is 2.92. The van der Waals surface area contributed by atoms with Gasteiger partial charge in [-0.2, -0.15) is 0 Å². The molecule has 0 aliphatic heterocycles. The van der Waals surface area contributed by atoms with Gasteiger partial charge in [0.25, 0.3) is 0 Å². The fourth-order valence-corrected chi connectivity index (χ4v) is 0.727. The molecule has 0 spiro atoms. The van der Waals surface area contributed by atoms with Gasteiger partial charge in [0, 0.05) is 11.8 Å². The molecule has 4 heteroatoms. The standard InChI is InChI=1S/C7H13N3O/c1-6-5-7(10-9-6)11-4-2-3-8/h5H,2-4,8H2,1H3,(H,9,10). The Balaban J connectivity index is 2.27. The van der Waals surface area contributed by atoms with Crippen LogP contribution in [0.25, 0.3) is 0 Å². The van der Waals surface area contributed by atoms with Gasteiger partial charge in [0.2, 0.25) is 5.88 Å². The zero-order valence-electron chi connectivity index (χ0n) is 6.63. The van der Waals surface area contributed by atoms with Gasteiger partial charge >= 0.3 is 0 Å². The Morgan fingerprint density at radius 1 is 1.73 bits per heavy atom. The number of nitrogens with one attached hydrogen (secondary N) is 1. The van der Waals surface area contributed by atoms with Gasteiger partial charge in [-0.05, 0) is 19.9 Å². The summed E-state index contributed by atoms with van der Waals surface area (Å²) in [6, 6.07) is 1.86. The lowest BCUT2D eigenvalue weighted by Crippen LogP contribution is -2.06. The molecule has 62 valence electrons. The van der Waals surface area contributed by atoms with E-state index in [9.17, 15) is 0 Å². The van der Waals surface area contributed by atoms with E-state index in [2.05, 4.69) is 10.2 Å². The SMILES string of the molecule is Cc1cc(OCCCN)n[nH]1. The number of ether oxygens (including phenoxy) is 1. The van der Waals surface area contributed by atoms with E-state index in [0.29, 0.717) is 19.0 Å². The molecule has 0 amide bonds. The van der Waals surface area contributed by atoms with Crippen molar-refractivity contribution in [1.29, 1.82) is 0 Å². The van der Waals surface area contributed by atoms with Gasteiger partial charge < -0.3 is 10.5 Å². The fourth-order valence-electron chi connectivity index (χ4n) is 0.727. The smallest absolute Gasteiger partial charge is 0.232 e. The molecule has 0 aliphatic carbocycles. The Morgan fingerprint density at radius 2 is 2.55 bits per heavy atom. The number of nitrogens with zero attached hydrogens (tertiary/aromatic N) is 1. The number of H-pyrrole nitrogens is 1. The fraction of sp³-hybridized carbons (Fsp3) is 0.571. The predicted molar refractivity (Wildman–Crippen MR) is 42.5 cm³/mol. The molecule has 0 atom stereocenters. The largest absolute Gasteiger partial charge is 0.477 e. The van der Waals surface area contributed by atoms with Gasteiger partial charge in [-0.25, -0.2) is 0 Å². The molecular formula is C7H13N3O. The Bertz CT molecular complexity index is 209. The minimum absolute atomic E-state index is 0.640. The molecule has 0 aromatic carbocycles. The van der Waals surface area contributed by atoms with E-state index < -0.39 is 0 Å². The van der Waals surface area contributed by atoms with Crippen molar-refractivity contribution in [3.8, 4) is 5.88 Å². The maximum absolute atomic E-state index is 5.29. The summed E-state index contributed by atoms with van der Waals surface area (Å²) in [6.45, 7) is 3.23. The molecule has 0 bridgehead atoms. The Labute approximate surface area is 65.7 Å². The first-order chi connectivity index (χ1) is 5.33. The summed E-state index contributed by atoms with van der Waals surface area (Å²) >= 11 is 0. The number of rotatable bonds is 4. The number of hydrogen-bond donors (Lipinski definition) is 2. The van der Waals surface area contributed by atoms with Crippen LogP contribution in [-0.4, -0.2) is 23.3 Å². The van der Waals surface area contributed by atoms with E-state index in [1.165, 1.54) is 0 Å². The second kappa shape index (κ2) is 3.98. The minimum atomic E-state index is 0.640. The van der Waals surface area contributed by atoms with Gasteiger partial charge in [-0.3, -0.25) is 5.10 Å². The van der Waals surface area contributed by atoms with E-state index in [1.807, 2.05) is 13.0 Å². The van der Waals surface area contributed by atoms with Crippen LogP contribution in [0.3, 0.4) is 0 Å². The highest BCUT2D eigenvalue weighted by molar-refractivity contribution is 5.11. The molecule has 0 saturated heterocycles. The van der Waals surface area contributed by atoms with E-state index in [-0.39, 0.29) is 0 Å². The van der Waals surface area contributed by atoms with Crippen LogP contribution in [0.5, 0.6) is 5.88 Å². The van der Waals surface area contributed by atoms with Crippen LogP contribution in [-0.2, 0) is 0 Å². The highest BCUT2D eigenvalue weighted by Gasteiger charge is 1.95. The van der Waals surface area contributed by atoms with Crippen molar-refractivity contribution in [2.24, 2.45) is 5.73 Å². The average Bonchev–Trinajstić information content (AvgIpc) is 2.37. The van der Waals surface area contributed by atoms with Crippen LogP contribution in [0.1, 0.15) is 12.1 Å². The highest BCUT2D eigenvalue weighted by Crippen LogP contribution is 2.06. The van der Waals surface area contributed by atoms with Crippen LogP contribution in [0.2, 0.25) is 0 Å². The van der Waals surface area contributed by atoms with Crippen molar-refractivity contribution in [2.45, 2.75) is 13.3 Å². The summed E-state index contributed by atoms with van der Waals surface area (Å²) in [6.07, 6.45) is 0.867. The zero-order valence-corrected chi connectivity index (χ0v) is 6.63. The van der Waals surface area contributed by atoms with Gasteiger partial charge in [-0.1, -0.05) is 0 Å². The molecule has 0 radical (unpaired) electrons. The van der Waals surface area contributed by atoms with Crippen LogP contribution >= 0.6 is 0 Å². The predicted octanol–water partition coefficient (Wildman–Crippen LogP) is 0.446. The van der Waals surface area contributed by atoms with Crippen molar-refractivity contribution in [3.63, 3.8) is 0 Å². The lowest BCUT2D eigenvalue weighted by Gasteiger charge is -1.98. The third kappa shape index (κ3) is 2.59. The van der Waals surface area contributed by atoms with Crippen LogP contribution in [0, 0.1) is 6.92 Å². The summed E-state index contributed by atoms with van der Waals surface area (Å²) in [5, 5.41) is 6.69. The molecule has 3 N–H and O–H groups in total. The molecule has 1 aromatic heterocycles. The quantitative estimate of drug-likeness (QED) is 0.620. The third-order valence-electron chi connectivity index (χ3n) is 1.28. The highest BCUT2D eigenvalue weighted by atomic mass is 16.5. The lowest BCUT2D eigenvalue weighted by atomic mass is 10.4. The summed E-state index contributed by atoms with van der Waals surface area (Å²) in [7, 11) is 0. The number of nitrogens with two attached hydrogens (primary N) is 1. The Morgan fingerprint density at radius 3 is 3.09 bits per heavy atom. The van der Waals surface area contributed by atoms with Crippen molar-refractivity contribution in [1.82, 2.24) is 10.2 Å². The monoisotopic (exact) mass is 155 g/mol. The van der Waals surface area contributed by atoms with Crippen molar-refractivity contribution in [3.05, 3.63) is 11.8 Å². The summed E-state index contributed by atoms with van der Waals surface area (Å²) in [5.41, 5.74) is 6.30. The van der Waals surface area contributed by atoms with Gasteiger partial charge in [0.05, 0.1) is 6.61 Å². The summed E-state index contributed by atoms with van der Waals surface area (Å²) < 4.78 is 5.24. The number of aromatic amines is 1. The average molecular weight is 155 g/mol. The molecule has 1 rings (SSSR count). The van der Waals surface area contributed by atoms with E-state index in [0.717, 1.165) is 12.1 Å². The second-order valence-corrected chi connectivity index (χ2v) is 2.38. The lowest BCUT2D eigenvalue weighted by molar-refractivity contribution is 0.301. The molecule has 0 unspecified atom stereocenters. The maximum Gasteiger partial charge on any atom is 0.232 e. The maximum atomic E-state index is 5.29. The first kappa shape index (κ1) is 8.07. The molecule has 0 aliphatic rings. The van der Waals surface area contributed by atoms with E-state index in [1.54, 1.807) is 0 Å². The Hall–Kier alpha value is -1.03. The molecule has 1 aromatic rings. The van der Waals surface area contributed by atoms with Gasteiger partial charge in [0.15, 0.2) is 0 Å².